The zero-order valence-electron chi connectivity index (χ0n) is 10.0. The molecular formula is C13H25. The normalized spacial score (nSPS) is 24.7. The molecule has 0 unspecified atom stereocenters. The van der Waals surface area contributed by atoms with Crippen LogP contribution in [0.25, 0.3) is 0 Å². The van der Waals surface area contributed by atoms with Crippen molar-refractivity contribution >= 4 is 0 Å². The highest BCUT2D eigenvalue weighted by Gasteiger charge is 2.34. The standard InChI is InChI=1S/C13H25/c1-12(2,3)10-11-8-6-7-9-13(11,4)5/h6-10H2,1-5H3. The summed E-state index contributed by atoms with van der Waals surface area (Å²) >= 11 is 0. The maximum Gasteiger partial charge on any atom is -0.0179 e. The fourth-order valence-corrected chi connectivity index (χ4v) is 2.39. The molecule has 1 saturated carbocycles. The molecule has 1 aliphatic carbocycles. The Balaban J connectivity index is 2.56. The first-order valence-electron chi connectivity index (χ1n) is 5.66. The Morgan fingerprint density at radius 3 is 2.23 bits per heavy atom. The van der Waals surface area contributed by atoms with Gasteiger partial charge in [0.1, 0.15) is 0 Å². The lowest BCUT2D eigenvalue weighted by atomic mass is 9.64. The molecule has 1 radical (unpaired) electrons. The molecule has 1 fully saturated rings. The van der Waals surface area contributed by atoms with Crippen LogP contribution in [0.1, 0.15) is 66.7 Å². The Bertz CT molecular complexity index is 159. The highest BCUT2D eigenvalue weighted by Crippen LogP contribution is 2.47. The minimum absolute atomic E-state index is 0.476. The number of hydrogen-bond acceptors (Lipinski definition) is 0. The summed E-state index contributed by atoms with van der Waals surface area (Å²) in [7, 11) is 0. The van der Waals surface area contributed by atoms with Crippen LogP contribution in [-0.2, 0) is 0 Å². The molecule has 0 atom stereocenters. The van der Waals surface area contributed by atoms with Crippen LogP contribution < -0.4 is 0 Å². The van der Waals surface area contributed by atoms with Crippen LogP contribution in [0.3, 0.4) is 0 Å². The maximum absolute atomic E-state index is 2.42. The molecule has 0 spiro atoms. The lowest BCUT2D eigenvalue weighted by Gasteiger charge is -2.41. The van der Waals surface area contributed by atoms with Gasteiger partial charge in [0.05, 0.1) is 0 Å². The van der Waals surface area contributed by atoms with Crippen molar-refractivity contribution in [3.05, 3.63) is 5.92 Å². The van der Waals surface area contributed by atoms with E-state index in [4.69, 9.17) is 0 Å². The summed E-state index contributed by atoms with van der Waals surface area (Å²) in [5.74, 6) is 1.81. The van der Waals surface area contributed by atoms with Crippen molar-refractivity contribution < 1.29 is 0 Å². The van der Waals surface area contributed by atoms with E-state index in [9.17, 15) is 0 Å². The van der Waals surface area contributed by atoms with Crippen molar-refractivity contribution in [3.8, 4) is 0 Å². The van der Waals surface area contributed by atoms with Gasteiger partial charge in [-0.05, 0) is 36.0 Å². The lowest BCUT2D eigenvalue weighted by molar-refractivity contribution is 0.225. The number of rotatable bonds is 1. The summed E-state index contributed by atoms with van der Waals surface area (Å²) in [5.41, 5.74) is 0.996. The smallest absolute Gasteiger partial charge is 0.0179 e. The first-order valence-corrected chi connectivity index (χ1v) is 5.66. The van der Waals surface area contributed by atoms with Crippen molar-refractivity contribution in [3.63, 3.8) is 0 Å². The zero-order chi connectivity index (χ0) is 10.1. The molecule has 1 aliphatic rings. The number of hydrogen-bond donors (Lipinski definition) is 0. The van der Waals surface area contributed by atoms with Gasteiger partial charge in [0.15, 0.2) is 0 Å². The van der Waals surface area contributed by atoms with E-state index >= 15 is 0 Å². The van der Waals surface area contributed by atoms with Gasteiger partial charge in [0.2, 0.25) is 0 Å². The van der Waals surface area contributed by atoms with E-state index in [1.165, 1.54) is 32.1 Å². The minimum atomic E-state index is 0.476. The third-order valence-electron chi connectivity index (χ3n) is 3.23. The highest BCUT2D eigenvalue weighted by atomic mass is 14.4. The van der Waals surface area contributed by atoms with Crippen LogP contribution in [-0.4, -0.2) is 0 Å². The quantitative estimate of drug-likeness (QED) is 0.554. The van der Waals surface area contributed by atoms with Crippen LogP contribution in [0.5, 0.6) is 0 Å². The van der Waals surface area contributed by atoms with Gasteiger partial charge in [0.25, 0.3) is 0 Å². The zero-order valence-corrected chi connectivity index (χ0v) is 10.0. The summed E-state index contributed by atoms with van der Waals surface area (Å²) in [4.78, 5) is 0. The van der Waals surface area contributed by atoms with Crippen LogP contribution >= 0.6 is 0 Å². The van der Waals surface area contributed by atoms with Gasteiger partial charge in [-0.25, -0.2) is 0 Å². The fourth-order valence-electron chi connectivity index (χ4n) is 2.39. The first-order chi connectivity index (χ1) is 5.81. The summed E-state index contributed by atoms with van der Waals surface area (Å²) in [5, 5.41) is 0. The summed E-state index contributed by atoms with van der Waals surface area (Å²) in [6.45, 7) is 11.9. The Morgan fingerprint density at radius 2 is 1.77 bits per heavy atom. The SMILES string of the molecule is CC(C)(C)C[C]1CCCCC1(C)C. The molecule has 77 valence electrons. The van der Waals surface area contributed by atoms with Crippen molar-refractivity contribution in [1.82, 2.24) is 0 Å². The van der Waals surface area contributed by atoms with Crippen molar-refractivity contribution in [2.45, 2.75) is 66.7 Å². The topological polar surface area (TPSA) is 0 Å². The van der Waals surface area contributed by atoms with Crippen LogP contribution in [0.15, 0.2) is 0 Å². The minimum Gasteiger partial charge on any atom is -0.0602 e. The second kappa shape index (κ2) is 3.63. The second-order valence-corrected chi connectivity index (χ2v) is 6.43. The molecule has 0 heterocycles. The second-order valence-electron chi connectivity index (χ2n) is 6.43. The monoisotopic (exact) mass is 181 g/mol. The largest absolute Gasteiger partial charge is 0.0602 e. The summed E-state index contributed by atoms with van der Waals surface area (Å²) in [6.07, 6.45) is 6.96. The third-order valence-corrected chi connectivity index (χ3v) is 3.23. The van der Waals surface area contributed by atoms with Crippen LogP contribution in [0, 0.1) is 16.7 Å². The molecule has 0 amide bonds. The molecule has 0 saturated heterocycles. The summed E-state index contributed by atoms with van der Waals surface area (Å²) in [6, 6.07) is 0. The Labute approximate surface area is 84.1 Å². The molecule has 0 nitrogen and oxygen atoms in total. The molecular weight excluding hydrogens is 156 g/mol. The fraction of sp³-hybridized carbons (Fsp3) is 0.923. The molecule has 0 bridgehead atoms. The van der Waals surface area contributed by atoms with E-state index in [-0.39, 0.29) is 0 Å². The predicted octanol–water partition coefficient (Wildman–Crippen LogP) is 4.60. The molecule has 0 aromatic carbocycles. The van der Waals surface area contributed by atoms with E-state index in [0.717, 1.165) is 0 Å². The summed E-state index contributed by atoms with van der Waals surface area (Å²) < 4.78 is 0. The van der Waals surface area contributed by atoms with Crippen molar-refractivity contribution in [1.29, 1.82) is 0 Å². The predicted molar refractivity (Wildman–Crippen MR) is 59.6 cm³/mol. The molecule has 0 N–H and O–H groups in total. The average Bonchev–Trinajstić information content (AvgIpc) is 1.91. The molecule has 0 aliphatic heterocycles. The Morgan fingerprint density at radius 1 is 1.15 bits per heavy atom. The van der Waals surface area contributed by atoms with Crippen LogP contribution in [0.2, 0.25) is 0 Å². The Hall–Kier alpha value is 0. The van der Waals surface area contributed by atoms with E-state index in [0.29, 0.717) is 10.8 Å². The Kier molecular flexibility index (Phi) is 3.09. The van der Waals surface area contributed by atoms with Gasteiger partial charge in [-0.1, -0.05) is 47.5 Å². The van der Waals surface area contributed by atoms with E-state index in [2.05, 4.69) is 34.6 Å². The maximum atomic E-state index is 2.42. The highest BCUT2D eigenvalue weighted by molar-refractivity contribution is 5.06. The van der Waals surface area contributed by atoms with Crippen molar-refractivity contribution in [2.75, 3.05) is 0 Å². The molecule has 13 heavy (non-hydrogen) atoms. The van der Waals surface area contributed by atoms with Gasteiger partial charge >= 0.3 is 0 Å². The van der Waals surface area contributed by atoms with Gasteiger partial charge in [-0.15, -0.1) is 0 Å². The third kappa shape index (κ3) is 3.32. The van der Waals surface area contributed by atoms with Gasteiger partial charge in [0, 0.05) is 0 Å². The van der Waals surface area contributed by atoms with E-state index in [1.807, 2.05) is 5.92 Å². The average molecular weight is 181 g/mol. The van der Waals surface area contributed by atoms with Crippen molar-refractivity contribution in [2.24, 2.45) is 10.8 Å². The van der Waals surface area contributed by atoms with Gasteiger partial charge < -0.3 is 0 Å². The van der Waals surface area contributed by atoms with Gasteiger partial charge in [-0.2, -0.15) is 0 Å². The molecule has 0 heteroatoms. The van der Waals surface area contributed by atoms with E-state index in [1.54, 1.807) is 0 Å². The molecule has 0 aromatic rings. The van der Waals surface area contributed by atoms with Gasteiger partial charge in [-0.3, -0.25) is 0 Å². The first kappa shape index (κ1) is 11.1. The molecule has 1 rings (SSSR count). The van der Waals surface area contributed by atoms with Crippen LogP contribution in [0.4, 0.5) is 0 Å². The lowest BCUT2D eigenvalue weighted by Crippen LogP contribution is -2.29. The van der Waals surface area contributed by atoms with E-state index < -0.39 is 0 Å². The molecule has 0 aromatic heterocycles.